The predicted molar refractivity (Wildman–Crippen MR) is 109 cm³/mol. The molecule has 0 bridgehead atoms. The molecule has 0 spiro atoms. The van der Waals surface area contributed by atoms with E-state index in [-0.39, 0.29) is 12.5 Å². The van der Waals surface area contributed by atoms with Crippen LogP contribution in [0.2, 0.25) is 0 Å². The molecule has 0 radical (unpaired) electrons. The van der Waals surface area contributed by atoms with Crippen molar-refractivity contribution in [3.05, 3.63) is 59.7 Å². The SMILES string of the molecule is COc1ccccc1CCC(=O)NCC(O)c1ccc(N2CCOCC2)cc1. The zero-order valence-electron chi connectivity index (χ0n) is 16.3. The molecule has 1 unspecified atom stereocenters. The van der Waals surface area contributed by atoms with E-state index in [1.807, 2.05) is 48.5 Å². The van der Waals surface area contributed by atoms with Crippen LogP contribution in [-0.4, -0.2) is 51.0 Å². The fraction of sp³-hybridized carbons (Fsp3) is 0.409. The number of para-hydroxylation sites is 1. The predicted octanol–water partition coefficient (Wildman–Crippen LogP) is 2.31. The van der Waals surface area contributed by atoms with Gasteiger partial charge in [-0.05, 0) is 35.7 Å². The molecule has 1 fully saturated rings. The number of ether oxygens (including phenoxy) is 2. The van der Waals surface area contributed by atoms with E-state index in [0.717, 1.165) is 48.9 Å². The third kappa shape index (κ3) is 5.47. The summed E-state index contributed by atoms with van der Waals surface area (Å²) in [6.45, 7) is 3.44. The lowest BCUT2D eigenvalue weighted by molar-refractivity contribution is -0.121. The molecule has 28 heavy (non-hydrogen) atoms. The van der Waals surface area contributed by atoms with E-state index in [4.69, 9.17) is 9.47 Å². The van der Waals surface area contributed by atoms with Crippen molar-refractivity contribution in [1.82, 2.24) is 5.32 Å². The summed E-state index contributed by atoms with van der Waals surface area (Å²) in [6.07, 6.45) is 0.220. The van der Waals surface area contributed by atoms with Gasteiger partial charge in [0.05, 0.1) is 26.4 Å². The summed E-state index contributed by atoms with van der Waals surface area (Å²) in [6, 6.07) is 15.5. The maximum atomic E-state index is 12.1. The van der Waals surface area contributed by atoms with Crippen LogP contribution in [0.5, 0.6) is 5.75 Å². The molecule has 2 N–H and O–H groups in total. The summed E-state index contributed by atoms with van der Waals surface area (Å²) in [7, 11) is 1.62. The van der Waals surface area contributed by atoms with Gasteiger partial charge in [-0.15, -0.1) is 0 Å². The van der Waals surface area contributed by atoms with Crippen LogP contribution in [-0.2, 0) is 16.0 Å². The Bertz CT molecular complexity index is 757. The number of amides is 1. The van der Waals surface area contributed by atoms with Crippen LogP contribution in [0.3, 0.4) is 0 Å². The molecule has 1 aliphatic rings. The fourth-order valence-electron chi connectivity index (χ4n) is 3.30. The molecule has 1 atom stereocenters. The minimum absolute atomic E-state index is 0.0881. The average molecular weight is 384 g/mol. The van der Waals surface area contributed by atoms with Crippen molar-refractivity contribution in [1.29, 1.82) is 0 Å². The summed E-state index contributed by atoms with van der Waals surface area (Å²) < 4.78 is 10.7. The van der Waals surface area contributed by atoms with Crippen LogP contribution in [0.25, 0.3) is 0 Å². The Labute approximate surface area is 166 Å². The smallest absolute Gasteiger partial charge is 0.220 e. The molecule has 1 aliphatic heterocycles. The summed E-state index contributed by atoms with van der Waals surface area (Å²) in [5.74, 6) is 0.700. The van der Waals surface area contributed by atoms with Gasteiger partial charge in [-0.1, -0.05) is 30.3 Å². The number of morpholine rings is 1. The Balaban J connectivity index is 1.45. The second kappa shape index (κ2) is 10.1. The lowest BCUT2D eigenvalue weighted by atomic mass is 10.1. The number of anilines is 1. The first-order chi connectivity index (χ1) is 13.7. The highest BCUT2D eigenvalue weighted by molar-refractivity contribution is 5.76. The highest BCUT2D eigenvalue weighted by Crippen LogP contribution is 2.21. The fourth-order valence-corrected chi connectivity index (χ4v) is 3.30. The van der Waals surface area contributed by atoms with E-state index in [1.165, 1.54) is 0 Å². The average Bonchev–Trinajstić information content (AvgIpc) is 2.77. The van der Waals surface area contributed by atoms with Crippen molar-refractivity contribution in [2.75, 3.05) is 44.9 Å². The Morgan fingerprint density at radius 1 is 1.18 bits per heavy atom. The first-order valence-corrected chi connectivity index (χ1v) is 9.66. The molecule has 2 aromatic rings. The van der Waals surface area contributed by atoms with Crippen molar-refractivity contribution in [2.45, 2.75) is 18.9 Å². The number of hydrogen-bond donors (Lipinski definition) is 2. The van der Waals surface area contributed by atoms with Crippen molar-refractivity contribution >= 4 is 11.6 Å². The van der Waals surface area contributed by atoms with Gasteiger partial charge in [0.15, 0.2) is 0 Å². The minimum atomic E-state index is -0.728. The quantitative estimate of drug-likeness (QED) is 0.731. The number of aliphatic hydroxyl groups is 1. The van der Waals surface area contributed by atoms with E-state index in [9.17, 15) is 9.90 Å². The maximum Gasteiger partial charge on any atom is 0.220 e. The molecule has 2 aromatic carbocycles. The van der Waals surface area contributed by atoms with Crippen LogP contribution >= 0.6 is 0 Å². The molecular formula is C22H28N2O4. The third-order valence-electron chi connectivity index (χ3n) is 4.96. The number of nitrogens with zero attached hydrogens (tertiary/aromatic N) is 1. The number of nitrogens with one attached hydrogen (secondary N) is 1. The summed E-state index contributed by atoms with van der Waals surface area (Å²) in [5.41, 5.74) is 2.92. The maximum absolute atomic E-state index is 12.1. The normalized spacial score (nSPS) is 15.1. The molecular weight excluding hydrogens is 356 g/mol. The highest BCUT2D eigenvalue weighted by atomic mass is 16.5. The van der Waals surface area contributed by atoms with Crippen LogP contribution in [0.4, 0.5) is 5.69 Å². The number of aryl methyl sites for hydroxylation is 1. The van der Waals surface area contributed by atoms with Gasteiger partial charge in [0.1, 0.15) is 5.75 Å². The summed E-state index contributed by atoms with van der Waals surface area (Å²) in [4.78, 5) is 14.4. The second-order valence-corrected chi connectivity index (χ2v) is 6.82. The van der Waals surface area contributed by atoms with Crippen molar-refractivity contribution in [3.63, 3.8) is 0 Å². The van der Waals surface area contributed by atoms with Crippen LogP contribution in [0, 0.1) is 0 Å². The molecule has 1 saturated heterocycles. The lowest BCUT2D eigenvalue weighted by Crippen LogP contribution is -2.36. The number of benzene rings is 2. The van der Waals surface area contributed by atoms with E-state index in [2.05, 4.69) is 10.2 Å². The van der Waals surface area contributed by atoms with Crippen LogP contribution in [0.1, 0.15) is 23.7 Å². The largest absolute Gasteiger partial charge is 0.496 e. The molecule has 6 nitrogen and oxygen atoms in total. The number of methoxy groups -OCH3 is 1. The lowest BCUT2D eigenvalue weighted by Gasteiger charge is -2.29. The van der Waals surface area contributed by atoms with Gasteiger partial charge in [0, 0.05) is 31.7 Å². The zero-order chi connectivity index (χ0) is 19.8. The van der Waals surface area contributed by atoms with Crippen molar-refractivity contribution < 1.29 is 19.4 Å². The van der Waals surface area contributed by atoms with Crippen LogP contribution in [0.15, 0.2) is 48.5 Å². The molecule has 0 saturated carbocycles. The zero-order valence-corrected chi connectivity index (χ0v) is 16.3. The Hall–Kier alpha value is -2.57. The topological polar surface area (TPSA) is 71.0 Å². The van der Waals surface area contributed by atoms with Gasteiger partial charge >= 0.3 is 0 Å². The van der Waals surface area contributed by atoms with Crippen molar-refractivity contribution in [2.24, 2.45) is 0 Å². The van der Waals surface area contributed by atoms with E-state index in [0.29, 0.717) is 12.8 Å². The molecule has 0 aliphatic carbocycles. The van der Waals surface area contributed by atoms with Crippen molar-refractivity contribution in [3.8, 4) is 5.75 Å². The Morgan fingerprint density at radius 3 is 2.61 bits per heavy atom. The number of rotatable bonds is 8. The Kier molecular flexibility index (Phi) is 7.28. The molecule has 1 heterocycles. The number of carbonyl (C=O) groups excluding carboxylic acids is 1. The molecule has 6 heteroatoms. The van der Waals surface area contributed by atoms with E-state index < -0.39 is 6.10 Å². The minimum Gasteiger partial charge on any atom is -0.496 e. The van der Waals surface area contributed by atoms with Gasteiger partial charge in [0.2, 0.25) is 5.91 Å². The number of aliphatic hydroxyl groups excluding tert-OH is 1. The van der Waals surface area contributed by atoms with Gasteiger partial charge in [0.25, 0.3) is 0 Å². The summed E-state index contributed by atoms with van der Waals surface area (Å²) >= 11 is 0. The highest BCUT2D eigenvalue weighted by Gasteiger charge is 2.14. The molecule has 0 aromatic heterocycles. The van der Waals surface area contributed by atoms with Gasteiger partial charge in [-0.2, -0.15) is 0 Å². The standard InChI is InChI=1S/C22H28N2O4/c1-27-21-5-3-2-4-18(21)8-11-22(26)23-16-20(25)17-6-9-19(10-7-17)24-12-14-28-15-13-24/h2-7,9-10,20,25H,8,11-16H2,1H3,(H,23,26). The molecule has 1 amide bonds. The number of carbonyl (C=O) groups is 1. The first kappa shape index (κ1) is 20.2. The summed E-state index contributed by atoms with van der Waals surface area (Å²) in [5, 5.41) is 13.2. The number of hydrogen-bond acceptors (Lipinski definition) is 5. The van der Waals surface area contributed by atoms with Gasteiger partial charge in [-0.25, -0.2) is 0 Å². The first-order valence-electron chi connectivity index (χ1n) is 9.66. The third-order valence-corrected chi connectivity index (χ3v) is 4.96. The molecule has 3 rings (SSSR count). The van der Waals surface area contributed by atoms with Gasteiger partial charge < -0.3 is 24.8 Å². The van der Waals surface area contributed by atoms with E-state index in [1.54, 1.807) is 7.11 Å². The van der Waals surface area contributed by atoms with E-state index >= 15 is 0 Å². The van der Waals surface area contributed by atoms with Gasteiger partial charge in [-0.3, -0.25) is 4.79 Å². The second-order valence-electron chi connectivity index (χ2n) is 6.82. The molecule has 150 valence electrons. The Morgan fingerprint density at radius 2 is 1.89 bits per heavy atom. The van der Waals surface area contributed by atoms with Crippen LogP contribution < -0.4 is 15.0 Å². The monoisotopic (exact) mass is 384 g/mol.